The van der Waals surface area contributed by atoms with E-state index in [1.165, 1.54) is 12.0 Å². The van der Waals surface area contributed by atoms with E-state index in [0.717, 1.165) is 31.6 Å². The van der Waals surface area contributed by atoms with Crippen molar-refractivity contribution in [2.75, 3.05) is 13.1 Å². The van der Waals surface area contributed by atoms with Crippen molar-refractivity contribution in [3.63, 3.8) is 0 Å². The average Bonchev–Trinajstić information content (AvgIpc) is 2.92. The maximum Gasteiger partial charge on any atom is 0.104 e. The topological polar surface area (TPSA) is 49.5 Å². The Morgan fingerprint density at radius 3 is 2.84 bits per heavy atom. The van der Waals surface area contributed by atoms with Crippen molar-refractivity contribution < 1.29 is 5.11 Å². The molecule has 3 atom stereocenters. The maximum atomic E-state index is 9.96. The molecule has 0 aromatic heterocycles. The van der Waals surface area contributed by atoms with Gasteiger partial charge in [0.2, 0.25) is 0 Å². The zero-order chi connectivity index (χ0) is 13.4. The summed E-state index contributed by atoms with van der Waals surface area (Å²) in [5, 5.41) is 9.96. The summed E-state index contributed by atoms with van der Waals surface area (Å²) in [6.45, 7) is 2.97. The zero-order valence-corrected chi connectivity index (χ0v) is 11.8. The summed E-state index contributed by atoms with van der Waals surface area (Å²) in [6.07, 6.45) is 2.05. The van der Waals surface area contributed by atoms with E-state index >= 15 is 0 Å². The first kappa shape index (κ1) is 13.0. The van der Waals surface area contributed by atoms with Gasteiger partial charge in [-0.15, -0.1) is 0 Å². The first-order valence-corrected chi connectivity index (χ1v) is 7.34. The molecule has 102 valence electrons. The second-order valence-corrected chi connectivity index (χ2v) is 6.22. The number of rotatable bonds is 3. The number of likely N-dealkylation sites (tertiary alicyclic amines) is 1. The number of aliphatic hydroxyl groups is 1. The van der Waals surface area contributed by atoms with Gasteiger partial charge in [0.25, 0.3) is 0 Å². The molecular weight excluding hydrogens is 256 g/mol. The highest BCUT2D eigenvalue weighted by molar-refractivity contribution is 7.80. The molecule has 1 saturated heterocycles. The van der Waals surface area contributed by atoms with Crippen molar-refractivity contribution in [3.05, 3.63) is 35.4 Å². The number of nitrogens with zero attached hydrogens (tertiary/aromatic N) is 1. The quantitative estimate of drug-likeness (QED) is 0.822. The molecule has 3 N–H and O–H groups in total. The number of thiocarbonyl (C=S) groups is 1. The van der Waals surface area contributed by atoms with Crippen molar-refractivity contribution in [3.8, 4) is 0 Å². The maximum absolute atomic E-state index is 9.96. The average molecular weight is 276 g/mol. The second kappa shape index (κ2) is 5.19. The Balaban J connectivity index is 1.72. The van der Waals surface area contributed by atoms with E-state index in [2.05, 4.69) is 11.0 Å². The molecule has 1 aromatic carbocycles. The molecule has 4 heteroatoms. The number of benzene rings is 1. The van der Waals surface area contributed by atoms with Gasteiger partial charge in [-0.25, -0.2) is 0 Å². The standard InChI is InChI=1S/C15H20N2OS/c16-15(19)12-4-2-1-3-10(12)7-17-8-11-5-6-14(18)13(11)9-17/h1-4,11,13-14,18H,5-9H2,(H2,16,19). The number of aliphatic hydroxyl groups excluding tert-OH is 1. The summed E-state index contributed by atoms with van der Waals surface area (Å²) in [5.74, 6) is 1.14. The Hall–Kier alpha value is -0.970. The summed E-state index contributed by atoms with van der Waals surface area (Å²) in [5.41, 5.74) is 7.96. The molecule has 3 unspecified atom stereocenters. The smallest absolute Gasteiger partial charge is 0.104 e. The van der Waals surface area contributed by atoms with Gasteiger partial charge in [-0.3, -0.25) is 4.90 Å². The number of fused-ring (bicyclic) bond motifs is 1. The van der Waals surface area contributed by atoms with Crippen molar-refractivity contribution in [2.45, 2.75) is 25.5 Å². The highest BCUT2D eigenvalue weighted by Gasteiger charge is 2.41. The molecule has 1 heterocycles. The molecule has 1 aliphatic heterocycles. The molecule has 3 nitrogen and oxygen atoms in total. The van der Waals surface area contributed by atoms with E-state index in [-0.39, 0.29) is 6.10 Å². The van der Waals surface area contributed by atoms with Gasteiger partial charge in [-0.1, -0.05) is 36.5 Å². The Morgan fingerprint density at radius 1 is 1.32 bits per heavy atom. The molecule has 2 aliphatic rings. The van der Waals surface area contributed by atoms with Crippen molar-refractivity contribution in [2.24, 2.45) is 17.6 Å². The lowest BCUT2D eigenvalue weighted by Crippen LogP contribution is -2.25. The van der Waals surface area contributed by atoms with Crippen molar-refractivity contribution in [1.82, 2.24) is 4.90 Å². The summed E-state index contributed by atoms with van der Waals surface area (Å²) in [7, 11) is 0. The molecule has 1 aromatic rings. The molecule has 0 spiro atoms. The van der Waals surface area contributed by atoms with Crippen LogP contribution in [0.1, 0.15) is 24.0 Å². The third kappa shape index (κ3) is 2.53. The third-order valence-corrected chi connectivity index (χ3v) is 4.79. The second-order valence-electron chi connectivity index (χ2n) is 5.78. The molecule has 0 radical (unpaired) electrons. The van der Waals surface area contributed by atoms with Crippen molar-refractivity contribution in [1.29, 1.82) is 0 Å². The summed E-state index contributed by atoms with van der Waals surface area (Å²) < 4.78 is 0. The minimum atomic E-state index is -0.0965. The van der Waals surface area contributed by atoms with Crippen LogP contribution in [0, 0.1) is 11.8 Å². The van der Waals surface area contributed by atoms with Crippen LogP contribution in [0.15, 0.2) is 24.3 Å². The fourth-order valence-corrected chi connectivity index (χ4v) is 3.80. The highest BCUT2D eigenvalue weighted by atomic mass is 32.1. The van der Waals surface area contributed by atoms with Gasteiger partial charge in [0.05, 0.1) is 6.10 Å². The first-order chi connectivity index (χ1) is 9.15. The van der Waals surface area contributed by atoms with Gasteiger partial charge < -0.3 is 10.8 Å². The minimum absolute atomic E-state index is 0.0965. The molecule has 1 aliphatic carbocycles. The van der Waals surface area contributed by atoms with E-state index in [4.69, 9.17) is 18.0 Å². The first-order valence-electron chi connectivity index (χ1n) is 6.93. The molecule has 2 fully saturated rings. The molecule has 19 heavy (non-hydrogen) atoms. The largest absolute Gasteiger partial charge is 0.393 e. The van der Waals surface area contributed by atoms with Crippen LogP contribution >= 0.6 is 12.2 Å². The van der Waals surface area contributed by atoms with E-state index in [1.54, 1.807) is 0 Å². The van der Waals surface area contributed by atoms with E-state index in [1.807, 2.05) is 18.2 Å². The van der Waals surface area contributed by atoms with E-state index in [9.17, 15) is 5.11 Å². The van der Waals surface area contributed by atoms with Crippen LogP contribution in [0.5, 0.6) is 0 Å². The lowest BCUT2D eigenvalue weighted by molar-refractivity contribution is 0.123. The van der Waals surface area contributed by atoms with E-state index < -0.39 is 0 Å². The predicted molar refractivity (Wildman–Crippen MR) is 79.8 cm³/mol. The summed E-state index contributed by atoms with van der Waals surface area (Å²) in [4.78, 5) is 2.89. The number of hydrogen-bond acceptors (Lipinski definition) is 3. The van der Waals surface area contributed by atoms with Gasteiger partial charge in [-0.05, 0) is 24.3 Å². The van der Waals surface area contributed by atoms with Crippen LogP contribution in [-0.2, 0) is 6.54 Å². The summed E-state index contributed by atoms with van der Waals surface area (Å²) in [6, 6.07) is 8.09. The molecular formula is C15H20N2OS. The lowest BCUT2D eigenvalue weighted by atomic mass is 10.00. The highest BCUT2D eigenvalue weighted by Crippen LogP contribution is 2.38. The van der Waals surface area contributed by atoms with Crippen LogP contribution in [-0.4, -0.2) is 34.2 Å². The van der Waals surface area contributed by atoms with Crippen molar-refractivity contribution >= 4 is 17.2 Å². The van der Waals surface area contributed by atoms with Gasteiger partial charge >= 0.3 is 0 Å². The molecule has 3 rings (SSSR count). The third-order valence-electron chi connectivity index (χ3n) is 4.57. The Kier molecular flexibility index (Phi) is 3.56. The van der Waals surface area contributed by atoms with Crippen LogP contribution in [0.3, 0.4) is 0 Å². The monoisotopic (exact) mass is 276 g/mol. The van der Waals surface area contributed by atoms with Gasteiger partial charge in [-0.2, -0.15) is 0 Å². The van der Waals surface area contributed by atoms with Gasteiger partial charge in [0.15, 0.2) is 0 Å². The fourth-order valence-electron chi connectivity index (χ4n) is 3.60. The van der Waals surface area contributed by atoms with Crippen LogP contribution in [0.2, 0.25) is 0 Å². The van der Waals surface area contributed by atoms with Crippen LogP contribution in [0.4, 0.5) is 0 Å². The SMILES string of the molecule is NC(=S)c1ccccc1CN1CC2CCC(O)C2C1. The van der Waals surface area contributed by atoms with Gasteiger partial charge in [0, 0.05) is 31.1 Å². The number of hydrogen-bond donors (Lipinski definition) is 2. The lowest BCUT2D eigenvalue weighted by Gasteiger charge is -2.19. The molecule has 1 saturated carbocycles. The van der Waals surface area contributed by atoms with Crippen LogP contribution in [0.25, 0.3) is 0 Å². The Bertz CT molecular complexity index is 491. The van der Waals surface area contributed by atoms with Crippen LogP contribution < -0.4 is 5.73 Å². The van der Waals surface area contributed by atoms with Gasteiger partial charge in [0.1, 0.15) is 4.99 Å². The number of nitrogens with two attached hydrogens (primary N) is 1. The molecule has 0 amide bonds. The van der Waals surface area contributed by atoms with E-state index in [0.29, 0.717) is 16.8 Å². The Labute approximate surface area is 119 Å². The zero-order valence-electron chi connectivity index (χ0n) is 11.0. The normalized spacial score (nSPS) is 30.5. The predicted octanol–water partition coefficient (Wildman–Crippen LogP) is 1.52. The summed E-state index contributed by atoms with van der Waals surface area (Å²) >= 11 is 5.11. The minimum Gasteiger partial charge on any atom is -0.393 e. The molecule has 0 bridgehead atoms. The Morgan fingerprint density at radius 2 is 2.11 bits per heavy atom. The fraction of sp³-hybridized carbons (Fsp3) is 0.533.